The molecule has 0 N–H and O–H groups in total. The van der Waals surface area contributed by atoms with Crippen molar-refractivity contribution in [1.29, 1.82) is 10.5 Å². The van der Waals surface area contributed by atoms with Crippen LogP contribution in [0.3, 0.4) is 0 Å². The number of benzene rings is 1. The van der Waals surface area contributed by atoms with E-state index in [-0.39, 0.29) is 0 Å². The molecule has 0 spiro atoms. The summed E-state index contributed by atoms with van der Waals surface area (Å²) < 4.78 is 0. The molecule has 104 valence electrons. The summed E-state index contributed by atoms with van der Waals surface area (Å²) in [5.41, 5.74) is 4.96. The SMILES string of the molecule is CCc1cc(-c2ccccn2)cc(CC)c1C(C#N)C#N. The average molecular weight is 275 g/mol. The summed E-state index contributed by atoms with van der Waals surface area (Å²) in [5.74, 6) is -0.701. The molecule has 1 heterocycles. The molecule has 21 heavy (non-hydrogen) atoms. The Morgan fingerprint density at radius 3 is 2.10 bits per heavy atom. The van der Waals surface area contributed by atoms with E-state index >= 15 is 0 Å². The molecule has 3 heteroatoms. The lowest BCUT2D eigenvalue weighted by Gasteiger charge is -2.16. The number of aryl methyl sites for hydroxylation is 2. The summed E-state index contributed by atoms with van der Waals surface area (Å²) >= 11 is 0. The van der Waals surface area contributed by atoms with Gasteiger partial charge in [-0.1, -0.05) is 19.9 Å². The van der Waals surface area contributed by atoms with E-state index in [4.69, 9.17) is 0 Å². The molecule has 0 aliphatic heterocycles. The molecule has 3 nitrogen and oxygen atoms in total. The topological polar surface area (TPSA) is 60.5 Å². The third kappa shape index (κ3) is 2.93. The molecule has 1 aromatic heterocycles. The number of pyridine rings is 1. The van der Waals surface area contributed by atoms with E-state index in [1.807, 2.05) is 32.0 Å². The molecule has 0 radical (unpaired) electrons. The van der Waals surface area contributed by atoms with E-state index in [0.717, 1.165) is 40.8 Å². The van der Waals surface area contributed by atoms with Crippen LogP contribution >= 0.6 is 0 Å². The highest BCUT2D eigenvalue weighted by atomic mass is 14.7. The first kappa shape index (κ1) is 14.8. The van der Waals surface area contributed by atoms with Crippen molar-refractivity contribution < 1.29 is 0 Å². The Hall–Kier alpha value is -2.65. The van der Waals surface area contributed by atoms with Gasteiger partial charge >= 0.3 is 0 Å². The highest BCUT2D eigenvalue weighted by Gasteiger charge is 2.18. The molecule has 0 saturated carbocycles. The van der Waals surface area contributed by atoms with E-state index in [0.29, 0.717) is 0 Å². The van der Waals surface area contributed by atoms with Gasteiger partial charge < -0.3 is 0 Å². The standard InChI is InChI=1S/C18H17N3/c1-3-13-9-15(17-7-5-6-8-21-17)10-14(4-2)18(13)16(11-19)12-20/h5-10,16H,3-4H2,1-2H3. The fourth-order valence-electron chi connectivity index (χ4n) is 2.57. The maximum atomic E-state index is 9.22. The van der Waals surface area contributed by atoms with Crippen molar-refractivity contribution in [1.82, 2.24) is 4.98 Å². The Morgan fingerprint density at radius 1 is 1.05 bits per heavy atom. The second-order valence-corrected chi connectivity index (χ2v) is 4.82. The monoisotopic (exact) mass is 275 g/mol. The number of rotatable bonds is 4. The van der Waals surface area contributed by atoms with Crippen LogP contribution in [0.5, 0.6) is 0 Å². The maximum absolute atomic E-state index is 9.22. The molecule has 0 unspecified atom stereocenters. The Morgan fingerprint density at radius 2 is 1.67 bits per heavy atom. The molecule has 0 aliphatic rings. The molecule has 0 amide bonds. The van der Waals surface area contributed by atoms with E-state index in [2.05, 4.69) is 29.3 Å². The van der Waals surface area contributed by atoms with Crippen LogP contribution in [0.2, 0.25) is 0 Å². The second kappa shape index (κ2) is 6.68. The minimum atomic E-state index is -0.701. The highest BCUT2D eigenvalue weighted by molar-refractivity contribution is 5.64. The van der Waals surface area contributed by atoms with Crippen molar-refractivity contribution in [2.24, 2.45) is 0 Å². The third-order valence-electron chi connectivity index (χ3n) is 3.62. The van der Waals surface area contributed by atoms with Gasteiger partial charge in [0.15, 0.2) is 5.92 Å². The fourth-order valence-corrected chi connectivity index (χ4v) is 2.57. The molecule has 0 saturated heterocycles. The van der Waals surface area contributed by atoms with Crippen molar-refractivity contribution in [3.63, 3.8) is 0 Å². The van der Waals surface area contributed by atoms with Gasteiger partial charge in [0.05, 0.1) is 17.8 Å². The predicted octanol–water partition coefficient (Wildman–Crippen LogP) is 4.00. The fraction of sp³-hybridized carbons (Fsp3) is 0.278. The maximum Gasteiger partial charge on any atom is 0.158 e. The number of hydrogen-bond acceptors (Lipinski definition) is 3. The van der Waals surface area contributed by atoms with Gasteiger partial charge in [-0.05, 0) is 53.8 Å². The van der Waals surface area contributed by atoms with Gasteiger partial charge in [-0.2, -0.15) is 10.5 Å². The molecule has 0 aliphatic carbocycles. The van der Waals surface area contributed by atoms with Crippen LogP contribution < -0.4 is 0 Å². The molecular weight excluding hydrogens is 258 g/mol. The van der Waals surface area contributed by atoms with E-state index in [9.17, 15) is 10.5 Å². The van der Waals surface area contributed by atoms with Crippen molar-refractivity contribution >= 4 is 0 Å². The van der Waals surface area contributed by atoms with Gasteiger partial charge in [0.1, 0.15) is 0 Å². The van der Waals surface area contributed by atoms with Crippen LogP contribution in [-0.2, 0) is 12.8 Å². The summed E-state index contributed by atoms with van der Waals surface area (Å²) in [6, 6.07) is 14.1. The summed E-state index contributed by atoms with van der Waals surface area (Å²) in [4.78, 5) is 4.38. The molecule has 0 bridgehead atoms. The minimum absolute atomic E-state index is 0.701. The zero-order chi connectivity index (χ0) is 15.2. The Bertz CT molecular complexity index is 666. The minimum Gasteiger partial charge on any atom is -0.256 e. The predicted molar refractivity (Wildman–Crippen MR) is 82.4 cm³/mol. The first-order valence-corrected chi connectivity index (χ1v) is 7.11. The summed E-state index contributed by atoms with van der Waals surface area (Å²) in [7, 11) is 0. The first-order chi connectivity index (χ1) is 10.2. The summed E-state index contributed by atoms with van der Waals surface area (Å²) in [5, 5.41) is 18.4. The summed E-state index contributed by atoms with van der Waals surface area (Å²) in [6.45, 7) is 4.10. The first-order valence-electron chi connectivity index (χ1n) is 7.11. The quantitative estimate of drug-likeness (QED) is 0.847. The van der Waals surface area contributed by atoms with Gasteiger partial charge in [-0.15, -0.1) is 0 Å². The van der Waals surface area contributed by atoms with Gasteiger partial charge in [-0.3, -0.25) is 4.98 Å². The lowest BCUT2D eigenvalue weighted by Crippen LogP contribution is -2.04. The highest BCUT2D eigenvalue weighted by Crippen LogP contribution is 2.30. The van der Waals surface area contributed by atoms with E-state index in [1.165, 1.54) is 0 Å². The van der Waals surface area contributed by atoms with Crippen LogP contribution in [0.15, 0.2) is 36.5 Å². The average Bonchev–Trinajstić information content (AvgIpc) is 2.56. The summed E-state index contributed by atoms with van der Waals surface area (Å²) in [6.07, 6.45) is 3.36. The molecule has 2 aromatic rings. The van der Waals surface area contributed by atoms with E-state index < -0.39 is 5.92 Å². The molecule has 0 fully saturated rings. The Labute approximate surface area is 125 Å². The van der Waals surface area contributed by atoms with Crippen molar-refractivity contribution in [2.75, 3.05) is 0 Å². The normalized spacial score (nSPS) is 10.1. The van der Waals surface area contributed by atoms with Crippen LogP contribution in [-0.4, -0.2) is 4.98 Å². The second-order valence-electron chi connectivity index (χ2n) is 4.82. The Kier molecular flexibility index (Phi) is 4.69. The van der Waals surface area contributed by atoms with Crippen LogP contribution in [0, 0.1) is 22.7 Å². The van der Waals surface area contributed by atoms with Crippen LogP contribution in [0.25, 0.3) is 11.3 Å². The van der Waals surface area contributed by atoms with Gasteiger partial charge in [-0.25, -0.2) is 0 Å². The lowest BCUT2D eigenvalue weighted by molar-refractivity contribution is 0.969. The zero-order valence-electron chi connectivity index (χ0n) is 12.3. The molecule has 0 atom stereocenters. The smallest absolute Gasteiger partial charge is 0.158 e. The number of hydrogen-bond donors (Lipinski definition) is 0. The number of nitrogens with zero attached hydrogens (tertiary/aromatic N) is 3. The van der Waals surface area contributed by atoms with Crippen molar-refractivity contribution in [2.45, 2.75) is 32.6 Å². The Balaban J connectivity index is 2.66. The molecule has 2 rings (SSSR count). The van der Waals surface area contributed by atoms with Gasteiger partial charge in [0.2, 0.25) is 0 Å². The number of aromatic nitrogens is 1. The molecular formula is C18H17N3. The van der Waals surface area contributed by atoms with Crippen molar-refractivity contribution in [3.05, 3.63) is 53.2 Å². The zero-order valence-corrected chi connectivity index (χ0v) is 12.3. The lowest BCUT2D eigenvalue weighted by atomic mass is 9.87. The number of nitriles is 2. The molecule has 1 aromatic carbocycles. The van der Waals surface area contributed by atoms with Crippen LogP contribution in [0.4, 0.5) is 0 Å². The van der Waals surface area contributed by atoms with Crippen molar-refractivity contribution in [3.8, 4) is 23.4 Å². The third-order valence-corrected chi connectivity index (χ3v) is 3.62. The van der Waals surface area contributed by atoms with Crippen LogP contribution in [0.1, 0.15) is 36.5 Å². The van der Waals surface area contributed by atoms with Gasteiger partial charge in [0, 0.05) is 11.8 Å². The largest absolute Gasteiger partial charge is 0.256 e. The van der Waals surface area contributed by atoms with Gasteiger partial charge in [0.25, 0.3) is 0 Å². The van der Waals surface area contributed by atoms with E-state index in [1.54, 1.807) is 6.20 Å².